The lowest BCUT2D eigenvalue weighted by Crippen LogP contribution is -2.17. The zero-order chi connectivity index (χ0) is 13.8. The number of hydrogen-bond acceptors (Lipinski definition) is 4. The molecule has 0 aliphatic heterocycles. The molecule has 0 saturated heterocycles. The van der Waals surface area contributed by atoms with Gasteiger partial charge in [0.15, 0.2) is 0 Å². The van der Waals surface area contributed by atoms with Gasteiger partial charge in [0.2, 0.25) is 0 Å². The van der Waals surface area contributed by atoms with Gasteiger partial charge in [0.25, 0.3) is 0 Å². The minimum absolute atomic E-state index is 0.280. The normalized spacial score (nSPS) is 12.4. The van der Waals surface area contributed by atoms with Gasteiger partial charge in [-0.05, 0) is 24.1 Å². The van der Waals surface area contributed by atoms with E-state index in [1.807, 2.05) is 17.6 Å². The van der Waals surface area contributed by atoms with Crippen LogP contribution in [0.4, 0.5) is 0 Å². The molecule has 0 radical (unpaired) electrons. The minimum Gasteiger partial charge on any atom is -0.304 e. The van der Waals surface area contributed by atoms with Gasteiger partial charge in [0, 0.05) is 24.3 Å². The number of hydrogen-bond donors (Lipinski definition) is 2. The Hall–Kier alpha value is -1.98. The highest BCUT2D eigenvalue weighted by atomic mass is 32.1. The van der Waals surface area contributed by atoms with E-state index in [4.69, 9.17) is 0 Å². The number of benzene rings is 1. The summed E-state index contributed by atoms with van der Waals surface area (Å²) < 4.78 is 0. The molecule has 0 spiro atoms. The third-order valence-electron chi connectivity index (χ3n) is 3.20. The van der Waals surface area contributed by atoms with Crippen molar-refractivity contribution in [1.29, 1.82) is 0 Å². The quantitative estimate of drug-likeness (QED) is 0.755. The van der Waals surface area contributed by atoms with E-state index in [2.05, 4.69) is 51.7 Å². The van der Waals surface area contributed by atoms with Crippen LogP contribution in [0.2, 0.25) is 0 Å². The molecular formula is C15H16N4S. The SMILES string of the molecule is CC(NCc1ccc(-c2ccn[nH]2)cc1)c1nccs1. The molecule has 3 aromatic rings. The van der Waals surface area contributed by atoms with E-state index in [0.29, 0.717) is 0 Å². The highest BCUT2D eigenvalue weighted by Crippen LogP contribution is 2.18. The Bertz CT molecular complexity index is 629. The number of nitrogens with one attached hydrogen (secondary N) is 2. The van der Waals surface area contributed by atoms with Crippen molar-refractivity contribution in [2.24, 2.45) is 0 Å². The Morgan fingerprint density at radius 2 is 2.05 bits per heavy atom. The van der Waals surface area contributed by atoms with Gasteiger partial charge in [-0.2, -0.15) is 5.10 Å². The van der Waals surface area contributed by atoms with Gasteiger partial charge in [0.1, 0.15) is 5.01 Å². The van der Waals surface area contributed by atoms with Crippen molar-refractivity contribution in [3.63, 3.8) is 0 Å². The van der Waals surface area contributed by atoms with Crippen LogP contribution < -0.4 is 5.32 Å². The number of nitrogens with zero attached hydrogens (tertiary/aromatic N) is 2. The average Bonchev–Trinajstić information content (AvgIpc) is 3.18. The lowest BCUT2D eigenvalue weighted by Gasteiger charge is -2.11. The lowest BCUT2D eigenvalue weighted by molar-refractivity contribution is 0.572. The summed E-state index contributed by atoms with van der Waals surface area (Å²) in [6.45, 7) is 2.97. The van der Waals surface area contributed by atoms with Crippen LogP contribution in [0.3, 0.4) is 0 Å². The smallest absolute Gasteiger partial charge is 0.109 e. The molecule has 3 rings (SSSR count). The first-order chi connectivity index (χ1) is 9.83. The number of rotatable bonds is 5. The third-order valence-corrected chi connectivity index (χ3v) is 4.16. The second-order valence-corrected chi connectivity index (χ2v) is 5.57. The van der Waals surface area contributed by atoms with Gasteiger partial charge in [0.05, 0.1) is 11.7 Å². The largest absolute Gasteiger partial charge is 0.304 e. The summed E-state index contributed by atoms with van der Waals surface area (Å²) in [7, 11) is 0. The molecule has 2 heterocycles. The summed E-state index contributed by atoms with van der Waals surface area (Å²) in [6.07, 6.45) is 3.61. The molecule has 102 valence electrons. The molecule has 0 fully saturated rings. The fourth-order valence-corrected chi connectivity index (χ4v) is 2.70. The summed E-state index contributed by atoms with van der Waals surface area (Å²) in [4.78, 5) is 4.32. The molecule has 0 amide bonds. The Kier molecular flexibility index (Phi) is 3.90. The van der Waals surface area contributed by atoms with Crippen molar-refractivity contribution >= 4 is 11.3 Å². The highest BCUT2D eigenvalue weighted by Gasteiger charge is 2.07. The standard InChI is InChI=1S/C15H16N4S/c1-11(15-16-8-9-20-15)17-10-12-2-4-13(5-3-12)14-6-7-18-19-14/h2-9,11,17H,10H2,1H3,(H,18,19). The summed E-state index contributed by atoms with van der Waals surface area (Å²) in [5.41, 5.74) is 3.46. The Labute approximate surface area is 121 Å². The van der Waals surface area contributed by atoms with Crippen molar-refractivity contribution in [3.8, 4) is 11.3 Å². The average molecular weight is 284 g/mol. The van der Waals surface area contributed by atoms with Gasteiger partial charge in [-0.1, -0.05) is 24.3 Å². The molecule has 4 nitrogen and oxygen atoms in total. The van der Waals surface area contributed by atoms with E-state index in [0.717, 1.165) is 22.8 Å². The summed E-state index contributed by atoms with van der Waals surface area (Å²) in [5.74, 6) is 0. The molecule has 2 N–H and O–H groups in total. The van der Waals surface area contributed by atoms with Crippen LogP contribution >= 0.6 is 11.3 Å². The molecule has 2 aromatic heterocycles. The lowest BCUT2D eigenvalue weighted by atomic mass is 10.1. The van der Waals surface area contributed by atoms with Gasteiger partial charge < -0.3 is 5.32 Å². The van der Waals surface area contributed by atoms with Crippen LogP contribution in [0.25, 0.3) is 11.3 Å². The fourth-order valence-electron chi connectivity index (χ4n) is 2.03. The minimum atomic E-state index is 0.280. The first-order valence-electron chi connectivity index (χ1n) is 6.54. The van der Waals surface area contributed by atoms with E-state index < -0.39 is 0 Å². The maximum absolute atomic E-state index is 4.32. The Morgan fingerprint density at radius 3 is 2.70 bits per heavy atom. The van der Waals surface area contributed by atoms with Crippen LogP contribution in [0, 0.1) is 0 Å². The van der Waals surface area contributed by atoms with Crippen LogP contribution in [0.5, 0.6) is 0 Å². The molecule has 5 heteroatoms. The van der Waals surface area contributed by atoms with Crippen LogP contribution in [0.15, 0.2) is 48.1 Å². The topological polar surface area (TPSA) is 53.6 Å². The van der Waals surface area contributed by atoms with Crippen LogP contribution in [-0.2, 0) is 6.54 Å². The first kappa shape index (κ1) is 13.0. The maximum Gasteiger partial charge on any atom is 0.109 e. The monoisotopic (exact) mass is 284 g/mol. The van der Waals surface area contributed by atoms with Gasteiger partial charge in [-0.15, -0.1) is 11.3 Å². The van der Waals surface area contributed by atoms with Crippen molar-refractivity contribution < 1.29 is 0 Å². The van der Waals surface area contributed by atoms with E-state index in [-0.39, 0.29) is 6.04 Å². The number of aromatic nitrogens is 3. The molecule has 1 atom stereocenters. The molecule has 0 saturated carbocycles. The van der Waals surface area contributed by atoms with E-state index in [1.54, 1.807) is 17.5 Å². The summed E-state index contributed by atoms with van der Waals surface area (Å²) >= 11 is 1.68. The molecule has 1 aromatic carbocycles. The number of H-pyrrole nitrogens is 1. The van der Waals surface area contributed by atoms with Crippen molar-refractivity contribution in [2.45, 2.75) is 19.5 Å². The second-order valence-electron chi connectivity index (χ2n) is 4.64. The molecule has 0 aliphatic rings. The maximum atomic E-state index is 4.32. The van der Waals surface area contributed by atoms with Crippen LogP contribution in [-0.4, -0.2) is 15.2 Å². The summed E-state index contributed by atoms with van der Waals surface area (Å²) in [6, 6.07) is 10.7. The Balaban J connectivity index is 1.61. The zero-order valence-electron chi connectivity index (χ0n) is 11.2. The van der Waals surface area contributed by atoms with Crippen molar-refractivity contribution in [3.05, 3.63) is 58.7 Å². The zero-order valence-corrected chi connectivity index (χ0v) is 12.0. The third kappa shape index (κ3) is 2.95. The predicted octanol–water partition coefficient (Wildman–Crippen LogP) is 3.38. The van der Waals surface area contributed by atoms with E-state index in [1.165, 1.54) is 5.56 Å². The number of thiazole rings is 1. The highest BCUT2D eigenvalue weighted by molar-refractivity contribution is 7.09. The molecular weight excluding hydrogens is 268 g/mol. The van der Waals surface area contributed by atoms with Gasteiger partial charge >= 0.3 is 0 Å². The van der Waals surface area contributed by atoms with E-state index >= 15 is 0 Å². The molecule has 0 bridgehead atoms. The molecule has 1 unspecified atom stereocenters. The van der Waals surface area contributed by atoms with Gasteiger partial charge in [-0.3, -0.25) is 5.10 Å². The van der Waals surface area contributed by atoms with Crippen LogP contribution in [0.1, 0.15) is 23.5 Å². The predicted molar refractivity (Wildman–Crippen MR) is 81.4 cm³/mol. The molecule has 0 aliphatic carbocycles. The van der Waals surface area contributed by atoms with Crippen molar-refractivity contribution in [2.75, 3.05) is 0 Å². The Morgan fingerprint density at radius 1 is 1.20 bits per heavy atom. The van der Waals surface area contributed by atoms with Gasteiger partial charge in [-0.25, -0.2) is 4.98 Å². The summed E-state index contributed by atoms with van der Waals surface area (Å²) in [5, 5.41) is 13.5. The number of aromatic amines is 1. The first-order valence-corrected chi connectivity index (χ1v) is 7.42. The fraction of sp³-hybridized carbons (Fsp3) is 0.200. The second kappa shape index (κ2) is 5.98. The van der Waals surface area contributed by atoms with E-state index in [9.17, 15) is 0 Å². The van der Waals surface area contributed by atoms with Crippen molar-refractivity contribution in [1.82, 2.24) is 20.5 Å². The molecule has 20 heavy (non-hydrogen) atoms.